The fourth-order valence-electron chi connectivity index (χ4n) is 1.72. The summed E-state index contributed by atoms with van der Waals surface area (Å²) < 4.78 is 2.74. The smallest absolute Gasteiger partial charge is 0.243 e. The van der Waals surface area contributed by atoms with Crippen molar-refractivity contribution in [1.82, 2.24) is 14.6 Å². The van der Waals surface area contributed by atoms with Gasteiger partial charge >= 0.3 is 0 Å². The molecule has 0 bridgehead atoms. The molecule has 0 aliphatic rings. The van der Waals surface area contributed by atoms with E-state index in [0.717, 1.165) is 10.1 Å². The van der Waals surface area contributed by atoms with Gasteiger partial charge in [-0.1, -0.05) is 6.07 Å². The maximum atomic E-state index is 4.43. The molecular formula is C12H11BrN4S. The maximum Gasteiger partial charge on any atom is 0.243 e. The number of nitrogens with zero attached hydrogens (tertiary/aromatic N) is 3. The predicted molar refractivity (Wildman–Crippen MR) is 77.0 cm³/mol. The summed E-state index contributed by atoms with van der Waals surface area (Å²) in [6.07, 6.45) is 1.89. The number of fused-ring (bicyclic) bond motifs is 1. The Balaban J connectivity index is 1.86. The van der Waals surface area contributed by atoms with Gasteiger partial charge in [0.05, 0.1) is 6.04 Å². The minimum Gasteiger partial charge on any atom is -0.346 e. The number of aromatic nitrogens is 3. The maximum absolute atomic E-state index is 4.43. The number of thiophene rings is 1. The largest absolute Gasteiger partial charge is 0.346 e. The minimum absolute atomic E-state index is 0.214. The molecule has 0 aliphatic heterocycles. The van der Waals surface area contributed by atoms with E-state index in [0.29, 0.717) is 5.95 Å². The molecule has 0 aliphatic carbocycles. The Morgan fingerprint density at radius 3 is 3.06 bits per heavy atom. The van der Waals surface area contributed by atoms with E-state index in [1.807, 2.05) is 24.4 Å². The Kier molecular flexibility index (Phi) is 3.05. The summed E-state index contributed by atoms with van der Waals surface area (Å²) in [6.45, 7) is 2.10. The summed E-state index contributed by atoms with van der Waals surface area (Å²) in [6, 6.07) is 8.25. The topological polar surface area (TPSA) is 42.2 Å². The summed E-state index contributed by atoms with van der Waals surface area (Å²) in [5.41, 5.74) is 0.832. The molecule has 3 aromatic heterocycles. The van der Waals surface area contributed by atoms with Crippen molar-refractivity contribution >= 4 is 38.9 Å². The molecule has 1 N–H and O–H groups in total. The molecule has 3 rings (SSSR count). The molecule has 1 unspecified atom stereocenters. The summed E-state index contributed by atoms with van der Waals surface area (Å²) in [5, 5.41) is 9.77. The molecule has 4 nitrogen and oxygen atoms in total. The Morgan fingerprint density at radius 2 is 2.28 bits per heavy atom. The first-order chi connectivity index (χ1) is 8.72. The van der Waals surface area contributed by atoms with Gasteiger partial charge in [-0.3, -0.25) is 0 Å². The van der Waals surface area contributed by atoms with Crippen LogP contribution in [-0.2, 0) is 0 Å². The number of hydrogen-bond donors (Lipinski definition) is 1. The van der Waals surface area contributed by atoms with Crippen molar-refractivity contribution in [3.63, 3.8) is 0 Å². The lowest BCUT2D eigenvalue weighted by Crippen LogP contribution is -2.06. The van der Waals surface area contributed by atoms with Gasteiger partial charge in [0.1, 0.15) is 0 Å². The van der Waals surface area contributed by atoms with Crippen molar-refractivity contribution in [2.24, 2.45) is 0 Å². The Bertz CT molecular complexity index is 662. The van der Waals surface area contributed by atoms with Gasteiger partial charge in [0, 0.05) is 15.5 Å². The fourth-order valence-corrected chi connectivity index (χ4v) is 2.78. The van der Waals surface area contributed by atoms with Gasteiger partial charge in [0.15, 0.2) is 5.65 Å². The number of halogens is 1. The van der Waals surface area contributed by atoms with E-state index < -0.39 is 0 Å². The molecule has 0 saturated heterocycles. The zero-order valence-corrected chi connectivity index (χ0v) is 12.1. The van der Waals surface area contributed by atoms with Crippen LogP contribution in [0.15, 0.2) is 40.3 Å². The van der Waals surface area contributed by atoms with Gasteiger partial charge in [0.2, 0.25) is 5.95 Å². The van der Waals surface area contributed by atoms with E-state index in [-0.39, 0.29) is 6.04 Å². The van der Waals surface area contributed by atoms with E-state index in [1.54, 1.807) is 15.9 Å². The number of pyridine rings is 1. The van der Waals surface area contributed by atoms with E-state index in [9.17, 15) is 0 Å². The van der Waals surface area contributed by atoms with Crippen LogP contribution in [0.4, 0.5) is 5.95 Å². The van der Waals surface area contributed by atoms with Crippen molar-refractivity contribution in [3.05, 3.63) is 45.2 Å². The second-order valence-corrected chi connectivity index (χ2v) is 5.86. The van der Waals surface area contributed by atoms with Gasteiger partial charge < -0.3 is 5.32 Å². The predicted octanol–water partition coefficient (Wildman–Crippen LogP) is 3.73. The molecule has 92 valence electrons. The van der Waals surface area contributed by atoms with E-state index in [1.165, 1.54) is 4.88 Å². The van der Waals surface area contributed by atoms with Crippen molar-refractivity contribution in [2.75, 3.05) is 5.32 Å². The summed E-state index contributed by atoms with van der Waals surface area (Å²) in [7, 11) is 0. The Morgan fingerprint density at radius 1 is 1.39 bits per heavy atom. The highest BCUT2D eigenvalue weighted by Crippen LogP contribution is 2.22. The molecular weight excluding hydrogens is 312 g/mol. The fraction of sp³-hybridized carbons (Fsp3) is 0.167. The SMILES string of the molecule is CC(Nc1nc2ccc(Br)cn2n1)c1cccs1. The van der Waals surface area contributed by atoms with Crippen LogP contribution in [0.3, 0.4) is 0 Å². The number of anilines is 1. The Hall–Kier alpha value is -1.40. The summed E-state index contributed by atoms with van der Waals surface area (Å²) >= 11 is 5.14. The second kappa shape index (κ2) is 4.70. The average molecular weight is 323 g/mol. The van der Waals surface area contributed by atoms with Gasteiger partial charge in [0.25, 0.3) is 0 Å². The van der Waals surface area contributed by atoms with Crippen molar-refractivity contribution in [1.29, 1.82) is 0 Å². The molecule has 0 saturated carbocycles. The monoisotopic (exact) mass is 322 g/mol. The third-order valence-corrected chi connectivity index (χ3v) is 4.13. The standard InChI is InChI=1S/C12H11BrN4S/c1-8(10-3-2-6-18-10)14-12-15-11-5-4-9(13)7-17(11)16-12/h2-8H,1H3,(H,14,16). The van der Waals surface area contributed by atoms with Gasteiger partial charge in [-0.05, 0) is 46.4 Å². The quantitative estimate of drug-likeness (QED) is 0.799. The van der Waals surface area contributed by atoms with Crippen LogP contribution in [0.5, 0.6) is 0 Å². The van der Waals surface area contributed by atoms with Crippen LogP contribution in [0.1, 0.15) is 17.8 Å². The van der Waals surface area contributed by atoms with E-state index >= 15 is 0 Å². The van der Waals surface area contributed by atoms with Crippen molar-refractivity contribution in [3.8, 4) is 0 Å². The molecule has 0 spiro atoms. The number of rotatable bonds is 3. The lowest BCUT2D eigenvalue weighted by molar-refractivity contribution is 0.868. The molecule has 1 atom stereocenters. The highest BCUT2D eigenvalue weighted by Gasteiger charge is 2.09. The molecule has 0 radical (unpaired) electrons. The molecule has 0 aromatic carbocycles. The van der Waals surface area contributed by atoms with Gasteiger partial charge in [-0.2, -0.15) is 4.98 Å². The average Bonchev–Trinajstić information content (AvgIpc) is 2.95. The lowest BCUT2D eigenvalue weighted by atomic mass is 10.3. The van der Waals surface area contributed by atoms with Crippen molar-refractivity contribution < 1.29 is 0 Å². The first-order valence-electron chi connectivity index (χ1n) is 5.54. The first kappa shape index (κ1) is 11.7. The molecule has 6 heteroatoms. The third-order valence-electron chi connectivity index (χ3n) is 2.61. The van der Waals surface area contributed by atoms with Crippen LogP contribution >= 0.6 is 27.3 Å². The zero-order valence-electron chi connectivity index (χ0n) is 9.67. The molecule has 18 heavy (non-hydrogen) atoms. The number of hydrogen-bond acceptors (Lipinski definition) is 4. The summed E-state index contributed by atoms with van der Waals surface area (Å²) in [5.74, 6) is 0.647. The van der Waals surface area contributed by atoms with Crippen molar-refractivity contribution in [2.45, 2.75) is 13.0 Å². The molecule has 0 amide bonds. The van der Waals surface area contributed by atoms with E-state index in [2.05, 4.69) is 49.7 Å². The summed E-state index contributed by atoms with van der Waals surface area (Å²) in [4.78, 5) is 5.70. The molecule has 3 aromatic rings. The second-order valence-electron chi connectivity index (χ2n) is 3.97. The highest BCUT2D eigenvalue weighted by molar-refractivity contribution is 9.10. The lowest BCUT2D eigenvalue weighted by Gasteiger charge is -2.09. The van der Waals surface area contributed by atoms with Gasteiger partial charge in [-0.25, -0.2) is 4.52 Å². The zero-order chi connectivity index (χ0) is 12.5. The number of nitrogens with one attached hydrogen (secondary N) is 1. The highest BCUT2D eigenvalue weighted by atomic mass is 79.9. The van der Waals surface area contributed by atoms with Crippen LogP contribution in [0.2, 0.25) is 0 Å². The van der Waals surface area contributed by atoms with Crippen LogP contribution in [0.25, 0.3) is 5.65 Å². The third kappa shape index (κ3) is 2.26. The molecule has 0 fully saturated rings. The van der Waals surface area contributed by atoms with E-state index in [4.69, 9.17) is 0 Å². The van der Waals surface area contributed by atoms with Gasteiger partial charge in [-0.15, -0.1) is 16.4 Å². The minimum atomic E-state index is 0.214. The van der Waals surface area contributed by atoms with Crippen LogP contribution < -0.4 is 5.32 Å². The molecule has 3 heterocycles. The first-order valence-corrected chi connectivity index (χ1v) is 7.21. The Labute approximate surface area is 117 Å². The van der Waals surface area contributed by atoms with Crippen LogP contribution in [0, 0.1) is 0 Å². The normalized spacial score (nSPS) is 12.8. The van der Waals surface area contributed by atoms with Crippen LogP contribution in [-0.4, -0.2) is 14.6 Å².